The molecule has 0 atom stereocenters. The number of H-pyrrole nitrogens is 1. The molecule has 0 spiro atoms. The summed E-state index contributed by atoms with van der Waals surface area (Å²) in [5, 5.41) is 0.663. The third-order valence-corrected chi connectivity index (χ3v) is 2.62. The van der Waals surface area contributed by atoms with Crippen LogP contribution >= 0.6 is 0 Å². The Balaban J connectivity index is 2.38. The topological polar surface area (TPSA) is 45.8 Å². The molecule has 1 heterocycles. The first-order valence-corrected chi connectivity index (χ1v) is 5.65. The second-order valence-corrected chi connectivity index (χ2v) is 4.46. The van der Waals surface area contributed by atoms with E-state index in [4.69, 9.17) is 0 Å². The Morgan fingerprint density at radius 1 is 1.31 bits per heavy atom. The van der Waals surface area contributed by atoms with Crippen molar-refractivity contribution in [2.75, 3.05) is 0 Å². The van der Waals surface area contributed by atoms with E-state index in [1.165, 1.54) is 0 Å². The maximum absolute atomic E-state index is 11.7. The highest BCUT2D eigenvalue weighted by molar-refractivity contribution is 5.77. The Hall–Kier alpha value is -1.64. The van der Waals surface area contributed by atoms with Crippen LogP contribution in [-0.4, -0.2) is 9.97 Å². The maximum atomic E-state index is 11.7. The second kappa shape index (κ2) is 4.47. The molecule has 0 amide bonds. The van der Waals surface area contributed by atoms with E-state index >= 15 is 0 Å². The van der Waals surface area contributed by atoms with Gasteiger partial charge in [-0.15, -0.1) is 0 Å². The molecule has 16 heavy (non-hydrogen) atoms. The smallest absolute Gasteiger partial charge is 0.258 e. The van der Waals surface area contributed by atoms with E-state index < -0.39 is 0 Å². The summed E-state index contributed by atoms with van der Waals surface area (Å²) >= 11 is 0. The lowest BCUT2D eigenvalue weighted by Gasteiger charge is -2.04. The van der Waals surface area contributed by atoms with Gasteiger partial charge in [-0.1, -0.05) is 26.0 Å². The van der Waals surface area contributed by atoms with E-state index in [9.17, 15) is 4.79 Å². The van der Waals surface area contributed by atoms with Gasteiger partial charge in [0.25, 0.3) is 5.56 Å². The van der Waals surface area contributed by atoms with Crippen molar-refractivity contribution in [2.45, 2.75) is 26.7 Å². The minimum atomic E-state index is -0.0376. The van der Waals surface area contributed by atoms with Crippen LogP contribution in [0.4, 0.5) is 0 Å². The average Bonchev–Trinajstić information content (AvgIpc) is 2.26. The number of aromatic amines is 1. The third-order valence-electron chi connectivity index (χ3n) is 2.62. The Morgan fingerprint density at radius 2 is 2.06 bits per heavy atom. The first kappa shape index (κ1) is 10.9. The Kier molecular flexibility index (Phi) is 3.04. The lowest BCUT2D eigenvalue weighted by Crippen LogP contribution is -2.12. The van der Waals surface area contributed by atoms with Crippen molar-refractivity contribution in [2.24, 2.45) is 5.92 Å². The number of rotatable bonds is 3. The lowest BCUT2D eigenvalue weighted by molar-refractivity contribution is 0.575. The van der Waals surface area contributed by atoms with Gasteiger partial charge in [-0.25, -0.2) is 4.98 Å². The van der Waals surface area contributed by atoms with E-state index in [0.29, 0.717) is 11.3 Å². The van der Waals surface area contributed by atoms with Crippen molar-refractivity contribution in [1.82, 2.24) is 9.97 Å². The van der Waals surface area contributed by atoms with Crippen LogP contribution in [0.2, 0.25) is 0 Å². The van der Waals surface area contributed by atoms with Gasteiger partial charge >= 0.3 is 0 Å². The van der Waals surface area contributed by atoms with Crippen LogP contribution in [0.3, 0.4) is 0 Å². The Morgan fingerprint density at radius 3 is 2.81 bits per heavy atom. The van der Waals surface area contributed by atoms with Gasteiger partial charge in [0.2, 0.25) is 0 Å². The van der Waals surface area contributed by atoms with Crippen LogP contribution in [0.25, 0.3) is 10.9 Å². The highest BCUT2D eigenvalue weighted by atomic mass is 16.1. The molecular formula is C13H16N2O. The number of nitrogens with zero attached hydrogens (tertiary/aromatic N) is 1. The summed E-state index contributed by atoms with van der Waals surface area (Å²) in [7, 11) is 0. The summed E-state index contributed by atoms with van der Waals surface area (Å²) in [5.74, 6) is 1.41. The highest BCUT2D eigenvalue weighted by Gasteiger charge is 2.03. The minimum absolute atomic E-state index is 0.0376. The normalized spacial score (nSPS) is 11.2. The predicted molar refractivity (Wildman–Crippen MR) is 65.5 cm³/mol. The van der Waals surface area contributed by atoms with Crippen LogP contribution in [0.15, 0.2) is 29.1 Å². The monoisotopic (exact) mass is 216 g/mol. The van der Waals surface area contributed by atoms with Crippen LogP contribution < -0.4 is 5.56 Å². The molecule has 0 unspecified atom stereocenters. The summed E-state index contributed by atoms with van der Waals surface area (Å²) in [6, 6.07) is 7.44. The fraction of sp³-hybridized carbons (Fsp3) is 0.385. The molecule has 3 heteroatoms. The molecule has 84 valence electrons. The molecule has 2 aromatic rings. The first-order valence-electron chi connectivity index (χ1n) is 5.65. The number of nitrogens with one attached hydrogen (secondary N) is 1. The van der Waals surface area contributed by atoms with Crippen molar-refractivity contribution < 1.29 is 0 Å². The number of para-hydroxylation sites is 1. The molecule has 0 bridgehead atoms. The van der Waals surface area contributed by atoms with Crippen LogP contribution in [0.5, 0.6) is 0 Å². The lowest BCUT2D eigenvalue weighted by atomic mass is 10.1. The predicted octanol–water partition coefficient (Wildman–Crippen LogP) is 2.51. The van der Waals surface area contributed by atoms with Crippen LogP contribution in [0, 0.1) is 5.92 Å². The van der Waals surface area contributed by atoms with Gasteiger partial charge in [0.05, 0.1) is 10.9 Å². The quantitative estimate of drug-likeness (QED) is 0.856. The van der Waals surface area contributed by atoms with E-state index in [0.717, 1.165) is 24.2 Å². The van der Waals surface area contributed by atoms with Crippen LogP contribution in [-0.2, 0) is 6.42 Å². The van der Waals surface area contributed by atoms with E-state index in [-0.39, 0.29) is 5.56 Å². The van der Waals surface area contributed by atoms with Crippen molar-refractivity contribution >= 4 is 10.9 Å². The number of aryl methyl sites for hydroxylation is 1. The SMILES string of the molecule is CC(C)CCc1nc2ccccc2c(=O)[nH]1. The van der Waals surface area contributed by atoms with Gasteiger partial charge in [0, 0.05) is 6.42 Å². The molecule has 0 radical (unpaired) electrons. The van der Waals surface area contributed by atoms with Crippen molar-refractivity contribution in [3.8, 4) is 0 Å². The van der Waals surface area contributed by atoms with Gasteiger partial charge in [-0.2, -0.15) is 0 Å². The Bertz CT molecular complexity index is 543. The van der Waals surface area contributed by atoms with E-state index in [1.807, 2.05) is 18.2 Å². The highest BCUT2D eigenvalue weighted by Crippen LogP contribution is 2.08. The molecule has 0 fully saturated rings. The van der Waals surface area contributed by atoms with Crippen molar-refractivity contribution in [1.29, 1.82) is 0 Å². The molecule has 1 aromatic heterocycles. The van der Waals surface area contributed by atoms with Gasteiger partial charge < -0.3 is 4.98 Å². The van der Waals surface area contributed by atoms with E-state index in [2.05, 4.69) is 23.8 Å². The summed E-state index contributed by atoms with van der Waals surface area (Å²) in [5.41, 5.74) is 0.745. The Labute approximate surface area is 94.5 Å². The first-order chi connectivity index (χ1) is 7.66. The summed E-state index contributed by atoms with van der Waals surface area (Å²) in [6.07, 6.45) is 1.87. The van der Waals surface area contributed by atoms with Crippen molar-refractivity contribution in [3.05, 3.63) is 40.4 Å². The molecule has 0 aliphatic rings. The second-order valence-electron chi connectivity index (χ2n) is 4.46. The standard InChI is InChI=1S/C13H16N2O/c1-9(2)7-8-12-14-11-6-4-3-5-10(11)13(16)15-12/h3-6,9H,7-8H2,1-2H3,(H,14,15,16). The van der Waals surface area contributed by atoms with Crippen molar-refractivity contribution in [3.63, 3.8) is 0 Å². The van der Waals surface area contributed by atoms with Crippen LogP contribution in [0.1, 0.15) is 26.1 Å². The van der Waals surface area contributed by atoms with Gasteiger partial charge in [0.15, 0.2) is 0 Å². The molecule has 2 rings (SSSR count). The molecular weight excluding hydrogens is 200 g/mol. The summed E-state index contributed by atoms with van der Waals surface area (Å²) in [6.45, 7) is 4.33. The molecule has 0 aliphatic carbocycles. The number of aromatic nitrogens is 2. The van der Waals surface area contributed by atoms with E-state index in [1.54, 1.807) is 6.07 Å². The molecule has 0 saturated carbocycles. The molecule has 3 nitrogen and oxygen atoms in total. The molecule has 1 aromatic carbocycles. The van der Waals surface area contributed by atoms with Gasteiger partial charge in [-0.05, 0) is 24.5 Å². The zero-order chi connectivity index (χ0) is 11.5. The minimum Gasteiger partial charge on any atom is -0.310 e. The number of hydrogen-bond donors (Lipinski definition) is 1. The van der Waals surface area contributed by atoms with Gasteiger partial charge in [0.1, 0.15) is 5.82 Å². The molecule has 0 saturated heterocycles. The zero-order valence-corrected chi connectivity index (χ0v) is 9.66. The fourth-order valence-corrected chi connectivity index (χ4v) is 1.68. The molecule has 0 aliphatic heterocycles. The summed E-state index contributed by atoms with van der Waals surface area (Å²) < 4.78 is 0. The number of hydrogen-bond acceptors (Lipinski definition) is 2. The van der Waals surface area contributed by atoms with Gasteiger partial charge in [-0.3, -0.25) is 4.79 Å². The third kappa shape index (κ3) is 2.30. The summed E-state index contributed by atoms with van der Waals surface area (Å²) in [4.78, 5) is 19.0. The average molecular weight is 216 g/mol. The number of benzene rings is 1. The fourth-order valence-electron chi connectivity index (χ4n) is 1.68. The number of fused-ring (bicyclic) bond motifs is 1. The molecule has 1 N–H and O–H groups in total. The largest absolute Gasteiger partial charge is 0.310 e. The zero-order valence-electron chi connectivity index (χ0n) is 9.66. The maximum Gasteiger partial charge on any atom is 0.258 e.